The van der Waals surface area contributed by atoms with Gasteiger partial charge in [0.05, 0.1) is 12.3 Å². The first-order valence-corrected chi connectivity index (χ1v) is 6.74. The number of anilines is 2. The molecule has 1 aromatic heterocycles. The molecule has 0 spiro atoms. The van der Waals surface area contributed by atoms with Crippen LogP contribution in [0.2, 0.25) is 0 Å². The molecule has 1 heterocycles. The van der Waals surface area contributed by atoms with Gasteiger partial charge in [0.25, 0.3) is 5.91 Å². The van der Waals surface area contributed by atoms with Gasteiger partial charge >= 0.3 is 0 Å². The lowest BCUT2D eigenvalue weighted by Gasteiger charge is -2.11. The lowest BCUT2D eigenvalue weighted by atomic mass is 10.1. The molecular formula is C13H15N3O2S. The number of aryl methyl sites for hydroxylation is 1. The summed E-state index contributed by atoms with van der Waals surface area (Å²) < 4.78 is 5.42. The van der Waals surface area contributed by atoms with Crippen LogP contribution in [0.4, 0.5) is 10.8 Å². The Balaban J connectivity index is 2.27. The lowest BCUT2D eigenvalue weighted by Crippen LogP contribution is -2.15. The van der Waals surface area contributed by atoms with Gasteiger partial charge in [0.2, 0.25) is 0 Å². The SMILES string of the molecule is CCOc1cccc(N)c1C(=O)Nc1nc(C)cs1. The predicted octanol–water partition coefficient (Wildman–Crippen LogP) is 2.68. The number of amides is 1. The van der Waals surface area contributed by atoms with E-state index in [-0.39, 0.29) is 5.91 Å². The Bertz CT molecular complexity index is 595. The van der Waals surface area contributed by atoms with Gasteiger partial charge in [0.15, 0.2) is 5.13 Å². The predicted molar refractivity (Wildman–Crippen MR) is 76.8 cm³/mol. The number of nitrogens with one attached hydrogen (secondary N) is 1. The Morgan fingerprint density at radius 3 is 2.95 bits per heavy atom. The zero-order valence-corrected chi connectivity index (χ0v) is 11.6. The van der Waals surface area contributed by atoms with Crippen LogP contribution >= 0.6 is 11.3 Å². The summed E-state index contributed by atoms with van der Waals surface area (Å²) in [6.45, 7) is 4.20. The summed E-state index contributed by atoms with van der Waals surface area (Å²) in [6, 6.07) is 5.15. The standard InChI is InChI=1S/C13H15N3O2S/c1-3-18-10-6-4-5-9(14)11(10)12(17)16-13-15-8(2)7-19-13/h4-7H,3,14H2,1-2H3,(H,15,16,17). The van der Waals surface area contributed by atoms with Crippen molar-refractivity contribution in [1.82, 2.24) is 4.98 Å². The fraction of sp³-hybridized carbons (Fsp3) is 0.231. The molecule has 0 aliphatic heterocycles. The van der Waals surface area contributed by atoms with Crippen molar-refractivity contribution in [3.8, 4) is 5.75 Å². The maximum Gasteiger partial charge on any atom is 0.263 e. The molecule has 1 aromatic carbocycles. The minimum Gasteiger partial charge on any atom is -0.493 e. The second-order valence-corrected chi connectivity index (χ2v) is 4.76. The zero-order chi connectivity index (χ0) is 13.8. The van der Waals surface area contributed by atoms with Gasteiger partial charge < -0.3 is 10.5 Å². The number of thiazole rings is 1. The molecule has 0 aliphatic carbocycles. The van der Waals surface area contributed by atoms with Crippen LogP contribution in [0, 0.1) is 6.92 Å². The molecule has 0 radical (unpaired) electrons. The fourth-order valence-electron chi connectivity index (χ4n) is 1.64. The van der Waals surface area contributed by atoms with Crippen LogP contribution in [-0.4, -0.2) is 17.5 Å². The number of hydrogen-bond acceptors (Lipinski definition) is 5. The summed E-state index contributed by atoms with van der Waals surface area (Å²) in [5, 5.41) is 5.14. The highest BCUT2D eigenvalue weighted by Crippen LogP contribution is 2.26. The van der Waals surface area contributed by atoms with Crippen molar-refractivity contribution in [2.45, 2.75) is 13.8 Å². The highest BCUT2D eigenvalue weighted by Gasteiger charge is 2.17. The summed E-state index contributed by atoms with van der Waals surface area (Å²) in [7, 11) is 0. The van der Waals surface area contributed by atoms with Crippen LogP contribution in [0.3, 0.4) is 0 Å². The number of aromatic nitrogens is 1. The Hall–Kier alpha value is -2.08. The number of hydrogen-bond donors (Lipinski definition) is 2. The van der Waals surface area contributed by atoms with E-state index in [4.69, 9.17) is 10.5 Å². The molecule has 0 atom stereocenters. The van der Waals surface area contributed by atoms with E-state index in [1.807, 2.05) is 19.2 Å². The van der Waals surface area contributed by atoms with Gasteiger partial charge in [-0.1, -0.05) is 6.07 Å². The number of carbonyl (C=O) groups excluding carboxylic acids is 1. The molecule has 2 aromatic rings. The maximum atomic E-state index is 12.2. The number of nitrogens with zero attached hydrogens (tertiary/aromatic N) is 1. The van der Waals surface area contributed by atoms with E-state index in [9.17, 15) is 4.79 Å². The van der Waals surface area contributed by atoms with Crippen LogP contribution in [0.1, 0.15) is 23.0 Å². The summed E-state index contributed by atoms with van der Waals surface area (Å²) in [5.74, 6) is 0.171. The van der Waals surface area contributed by atoms with Crippen molar-refractivity contribution in [2.75, 3.05) is 17.7 Å². The van der Waals surface area contributed by atoms with Gasteiger partial charge in [-0.2, -0.15) is 0 Å². The molecule has 3 N–H and O–H groups in total. The van der Waals surface area contributed by atoms with E-state index in [1.165, 1.54) is 11.3 Å². The van der Waals surface area contributed by atoms with Crippen molar-refractivity contribution >= 4 is 28.1 Å². The molecular weight excluding hydrogens is 262 g/mol. The second kappa shape index (κ2) is 5.71. The summed E-state index contributed by atoms with van der Waals surface area (Å²) in [4.78, 5) is 16.4. The Morgan fingerprint density at radius 2 is 2.32 bits per heavy atom. The Kier molecular flexibility index (Phi) is 4.01. The molecule has 19 heavy (non-hydrogen) atoms. The van der Waals surface area contributed by atoms with Gasteiger partial charge in [0, 0.05) is 11.1 Å². The number of ether oxygens (including phenoxy) is 1. The summed E-state index contributed by atoms with van der Waals surface area (Å²) in [6.07, 6.45) is 0. The van der Waals surface area contributed by atoms with E-state index >= 15 is 0 Å². The van der Waals surface area contributed by atoms with Gasteiger partial charge in [-0.25, -0.2) is 4.98 Å². The normalized spacial score (nSPS) is 10.2. The Labute approximate surface area is 115 Å². The average Bonchev–Trinajstić information content (AvgIpc) is 2.75. The third-order valence-electron chi connectivity index (χ3n) is 2.42. The van der Waals surface area contributed by atoms with E-state index in [0.717, 1.165) is 5.69 Å². The van der Waals surface area contributed by atoms with Gasteiger partial charge in [-0.3, -0.25) is 10.1 Å². The van der Waals surface area contributed by atoms with Crippen molar-refractivity contribution in [3.63, 3.8) is 0 Å². The van der Waals surface area contributed by atoms with Crippen molar-refractivity contribution < 1.29 is 9.53 Å². The third-order valence-corrected chi connectivity index (χ3v) is 3.30. The zero-order valence-electron chi connectivity index (χ0n) is 10.8. The molecule has 5 nitrogen and oxygen atoms in total. The van der Waals surface area contributed by atoms with E-state index < -0.39 is 0 Å². The highest BCUT2D eigenvalue weighted by molar-refractivity contribution is 7.13. The number of nitrogens with two attached hydrogens (primary N) is 1. The lowest BCUT2D eigenvalue weighted by molar-refractivity contribution is 0.102. The number of carbonyl (C=O) groups is 1. The smallest absolute Gasteiger partial charge is 0.263 e. The first kappa shape index (κ1) is 13.4. The average molecular weight is 277 g/mol. The minimum atomic E-state index is -0.309. The van der Waals surface area contributed by atoms with E-state index in [0.29, 0.717) is 28.7 Å². The molecule has 0 bridgehead atoms. The van der Waals surface area contributed by atoms with Crippen molar-refractivity contribution in [1.29, 1.82) is 0 Å². The molecule has 0 unspecified atom stereocenters. The van der Waals surface area contributed by atoms with Crippen LogP contribution in [0.25, 0.3) is 0 Å². The van der Waals surface area contributed by atoms with Crippen LogP contribution < -0.4 is 15.8 Å². The molecule has 0 saturated carbocycles. The second-order valence-electron chi connectivity index (χ2n) is 3.90. The van der Waals surface area contributed by atoms with Crippen LogP contribution in [0.5, 0.6) is 5.75 Å². The third kappa shape index (κ3) is 3.03. The topological polar surface area (TPSA) is 77.2 Å². The van der Waals surface area contributed by atoms with Crippen molar-refractivity contribution in [2.24, 2.45) is 0 Å². The number of rotatable bonds is 4. The molecule has 2 rings (SSSR count). The molecule has 0 fully saturated rings. The Morgan fingerprint density at radius 1 is 1.53 bits per heavy atom. The maximum absolute atomic E-state index is 12.2. The van der Waals surface area contributed by atoms with E-state index in [2.05, 4.69) is 10.3 Å². The molecule has 0 saturated heterocycles. The van der Waals surface area contributed by atoms with Crippen LogP contribution in [-0.2, 0) is 0 Å². The van der Waals surface area contributed by atoms with Crippen LogP contribution in [0.15, 0.2) is 23.6 Å². The van der Waals surface area contributed by atoms with Crippen molar-refractivity contribution in [3.05, 3.63) is 34.8 Å². The van der Waals surface area contributed by atoms with Gasteiger partial charge in [-0.05, 0) is 26.0 Å². The summed E-state index contributed by atoms with van der Waals surface area (Å²) in [5.41, 5.74) is 7.45. The highest BCUT2D eigenvalue weighted by atomic mass is 32.1. The molecule has 1 amide bonds. The largest absolute Gasteiger partial charge is 0.493 e. The first-order valence-electron chi connectivity index (χ1n) is 5.86. The van der Waals surface area contributed by atoms with E-state index in [1.54, 1.807) is 18.2 Å². The molecule has 0 aliphatic rings. The minimum absolute atomic E-state index is 0.309. The first-order chi connectivity index (χ1) is 9.11. The molecule has 100 valence electrons. The monoisotopic (exact) mass is 277 g/mol. The quantitative estimate of drug-likeness (QED) is 0.842. The summed E-state index contributed by atoms with van der Waals surface area (Å²) >= 11 is 1.37. The number of nitrogen functional groups attached to an aromatic ring is 1. The van der Waals surface area contributed by atoms with Gasteiger partial charge in [0.1, 0.15) is 11.3 Å². The number of benzene rings is 1. The fourth-order valence-corrected chi connectivity index (χ4v) is 2.32. The molecule has 6 heteroatoms. The van der Waals surface area contributed by atoms with Gasteiger partial charge in [-0.15, -0.1) is 11.3 Å².